The Bertz CT molecular complexity index is 978. The highest BCUT2D eigenvalue weighted by molar-refractivity contribution is 6.32. The van der Waals surface area contributed by atoms with Crippen molar-refractivity contribution in [3.63, 3.8) is 0 Å². The second-order valence-corrected chi connectivity index (χ2v) is 6.15. The van der Waals surface area contributed by atoms with Gasteiger partial charge in [0, 0.05) is 18.4 Å². The van der Waals surface area contributed by atoms with E-state index in [0.29, 0.717) is 16.3 Å². The summed E-state index contributed by atoms with van der Waals surface area (Å²) in [6.07, 6.45) is 0. The quantitative estimate of drug-likeness (QED) is 0.757. The van der Waals surface area contributed by atoms with Crippen LogP contribution in [0.4, 0.5) is 11.4 Å². The summed E-state index contributed by atoms with van der Waals surface area (Å²) in [4.78, 5) is 14.1. The van der Waals surface area contributed by atoms with Gasteiger partial charge in [0.1, 0.15) is 6.07 Å². The second kappa shape index (κ2) is 7.25. The number of nitrogens with one attached hydrogen (secondary N) is 1. The van der Waals surface area contributed by atoms with Crippen LogP contribution in [0, 0.1) is 11.3 Å². The fourth-order valence-electron chi connectivity index (χ4n) is 2.60. The Hall–Kier alpha value is -3.03. The van der Waals surface area contributed by atoms with Crippen LogP contribution in [0.25, 0.3) is 10.8 Å². The number of amides is 1. The largest absolute Gasteiger partial charge is 0.365 e. The first-order chi connectivity index (χ1) is 12.1. The number of fused-ring (bicyclic) bond motifs is 1. The van der Waals surface area contributed by atoms with Gasteiger partial charge in [-0.25, -0.2) is 0 Å². The van der Waals surface area contributed by atoms with Crippen molar-refractivity contribution < 1.29 is 4.79 Å². The number of benzene rings is 3. The molecule has 4 nitrogen and oxygen atoms in total. The van der Waals surface area contributed by atoms with Crippen LogP contribution in [0.15, 0.2) is 60.7 Å². The van der Waals surface area contributed by atoms with Crippen molar-refractivity contribution in [2.24, 2.45) is 0 Å². The van der Waals surface area contributed by atoms with Gasteiger partial charge in [-0.15, -0.1) is 0 Å². The Labute approximate surface area is 151 Å². The Morgan fingerprint density at radius 2 is 1.88 bits per heavy atom. The fraction of sp³-hybridized carbons (Fsp3) is 0.100. The number of carbonyl (C=O) groups is 1. The summed E-state index contributed by atoms with van der Waals surface area (Å²) in [5.74, 6) is -0.156. The average Bonchev–Trinajstić information content (AvgIpc) is 2.61. The molecule has 0 spiro atoms. The zero-order valence-corrected chi connectivity index (χ0v) is 14.4. The van der Waals surface area contributed by atoms with Gasteiger partial charge in [0.25, 0.3) is 0 Å². The lowest BCUT2D eigenvalue weighted by Gasteiger charge is -2.19. The van der Waals surface area contributed by atoms with E-state index in [9.17, 15) is 4.79 Å². The molecule has 0 aliphatic heterocycles. The maximum Gasteiger partial charge on any atom is 0.243 e. The van der Waals surface area contributed by atoms with Crippen LogP contribution < -0.4 is 10.2 Å². The maximum atomic E-state index is 12.3. The highest BCUT2D eigenvalue weighted by Gasteiger charge is 2.09. The highest BCUT2D eigenvalue weighted by atomic mass is 35.5. The Kier molecular flexibility index (Phi) is 4.87. The van der Waals surface area contributed by atoms with Gasteiger partial charge < -0.3 is 10.2 Å². The van der Waals surface area contributed by atoms with Crippen LogP contribution in [0.1, 0.15) is 5.56 Å². The first-order valence-electron chi connectivity index (χ1n) is 7.76. The summed E-state index contributed by atoms with van der Waals surface area (Å²) >= 11 is 5.99. The number of carbonyl (C=O) groups excluding carboxylic acids is 1. The third-order valence-electron chi connectivity index (χ3n) is 3.93. The van der Waals surface area contributed by atoms with E-state index in [1.54, 1.807) is 18.2 Å². The van der Waals surface area contributed by atoms with Crippen molar-refractivity contribution in [1.82, 2.24) is 0 Å². The SMILES string of the molecule is CN(CC(=O)Nc1ccc(C#N)c(Cl)c1)c1ccc2ccccc2c1. The smallest absolute Gasteiger partial charge is 0.243 e. The van der Waals surface area contributed by atoms with Crippen LogP contribution >= 0.6 is 11.6 Å². The van der Waals surface area contributed by atoms with Crippen molar-refractivity contribution >= 4 is 39.7 Å². The minimum absolute atomic E-state index is 0.156. The van der Waals surface area contributed by atoms with Gasteiger partial charge in [0.05, 0.1) is 17.1 Å². The van der Waals surface area contributed by atoms with Gasteiger partial charge in [-0.3, -0.25) is 4.79 Å². The van der Waals surface area contributed by atoms with Gasteiger partial charge in [-0.1, -0.05) is 41.9 Å². The Morgan fingerprint density at radius 1 is 1.12 bits per heavy atom. The number of halogens is 1. The standard InChI is InChI=1S/C20H16ClN3O/c1-24(18-9-7-14-4-2-3-5-15(14)10-18)13-20(25)23-17-8-6-16(12-22)19(21)11-17/h2-11H,13H2,1H3,(H,23,25). The summed E-state index contributed by atoms with van der Waals surface area (Å²) in [5, 5.41) is 14.3. The van der Waals surface area contributed by atoms with Crippen molar-refractivity contribution in [1.29, 1.82) is 5.26 Å². The molecular weight excluding hydrogens is 334 g/mol. The van der Waals surface area contributed by atoms with Gasteiger partial charge >= 0.3 is 0 Å². The zero-order valence-electron chi connectivity index (χ0n) is 13.7. The van der Waals surface area contributed by atoms with Crippen LogP contribution in [-0.2, 0) is 4.79 Å². The van der Waals surface area contributed by atoms with E-state index in [0.717, 1.165) is 16.5 Å². The number of hydrogen-bond donors (Lipinski definition) is 1. The monoisotopic (exact) mass is 349 g/mol. The summed E-state index contributed by atoms with van der Waals surface area (Å²) < 4.78 is 0. The molecule has 0 atom stereocenters. The molecule has 25 heavy (non-hydrogen) atoms. The lowest BCUT2D eigenvalue weighted by atomic mass is 10.1. The van der Waals surface area contributed by atoms with Crippen molar-refractivity contribution in [3.05, 3.63) is 71.2 Å². The molecule has 3 aromatic rings. The van der Waals surface area contributed by atoms with Gasteiger partial charge in [0.2, 0.25) is 5.91 Å². The van der Waals surface area contributed by atoms with Gasteiger partial charge in [-0.2, -0.15) is 5.26 Å². The zero-order chi connectivity index (χ0) is 17.8. The van der Waals surface area contributed by atoms with E-state index in [1.807, 2.05) is 48.3 Å². The third kappa shape index (κ3) is 3.90. The average molecular weight is 350 g/mol. The predicted molar refractivity (Wildman–Crippen MR) is 102 cm³/mol. The number of nitriles is 1. The first kappa shape index (κ1) is 16.8. The van der Waals surface area contributed by atoms with E-state index < -0.39 is 0 Å². The predicted octanol–water partition coefficient (Wildman–Crippen LogP) is 4.44. The molecule has 1 N–H and O–H groups in total. The molecule has 0 aromatic heterocycles. The topological polar surface area (TPSA) is 56.1 Å². The number of likely N-dealkylation sites (N-methyl/N-ethyl adjacent to an activating group) is 1. The van der Waals surface area contributed by atoms with Crippen LogP contribution in [0.3, 0.4) is 0 Å². The molecule has 0 bridgehead atoms. The molecule has 0 aliphatic carbocycles. The van der Waals surface area contributed by atoms with Crippen molar-refractivity contribution in [2.45, 2.75) is 0 Å². The molecule has 5 heteroatoms. The van der Waals surface area contributed by atoms with Gasteiger partial charge in [0.15, 0.2) is 0 Å². The third-order valence-corrected chi connectivity index (χ3v) is 4.24. The summed E-state index contributed by atoms with van der Waals surface area (Å²) in [6, 6.07) is 21.0. The van der Waals surface area contributed by atoms with E-state index in [-0.39, 0.29) is 12.5 Å². The molecule has 0 heterocycles. The number of rotatable bonds is 4. The molecule has 0 aliphatic rings. The molecule has 124 valence electrons. The highest BCUT2D eigenvalue weighted by Crippen LogP contribution is 2.22. The molecule has 0 fully saturated rings. The Morgan fingerprint density at radius 3 is 2.60 bits per heavy atom. The lowest BCUT2D eigenvalue weighted by molar-refractivity contribution is -0.114. The fourth-order valence-corrected chi connectivity index (χ4v) is 2.83. The van der Waals surface area contributed by atoms with Crippen molar-refractivity contribution in [3.8, 4) is 6.07 Å². The molecular formula is C20H16ClN3O. The van der Waals surface area contributed by atoms with Crippen LogP contribution in [0.2, 0.25) is 5.02 Å². The molecule has 0 saturated heterocycles. The van der Waals surface area contributed by atoms with E-state index in [4.69, 9.17) is 16.9 Å². The molecule has 0 unspecified atom stereocenters. The van der Waals surface area contributed by atoms with E-state index in [2.05, 4.69) is 17.4 Å². The lowest BCUT2D eigenvalue weighted by Crippen LogP contribution is -2.30. The van der Waals surface area contributed by atoms with E-state index >= 15 is 0 Å². The molecule has 3 rings (SSSR count). The normalized spacial score (nSPS) is 10.3. The van der Waals surface area contributed by atoms with Crippen LogP contribution in [0.5, 0.6) is 0 Å². The number of nitrogens with zero attached hydrogens (tertiary/aromatic N) is 2. The number of hydrogen-bond acceptors (Lipinski definition) is 3. The van der Waals surface area contributed by atoms with Crippen LogP contribution in [-0.4, -0.2) is 19.5 Å². The molecule has 0 radical (unpaired) electrons. The maximum absolute atomic E-state index is 12.3. The second-order valence-electron chi connectivity index (χ2n) is 5.74. The summed E-state index contributed by atoms with van der Waals surface area (Å²) in [7, 11) is 1.87. The first-order valence-corrected chi connectivity index (χ1v) is 8.14. The minimum atomic E-state index is -0.156. The van der Waals surface area contributed by atoms with Gasteiger partial charge in [-0.05, 0) is 41.1 Å². The number of anilines is 2. The Balaban J connectivity index is 1.69. The van der Waals surface area contributed by atoms with Crippen molar-refractivity contribution in [2.75, 3.05) is 23.8 Å². The minimum Gasteiger partial charge on any atom is -0.365 e. The molecule has 0 saturated carbocycles. The molecule has 1 amide bonds. The summed E-state index contributed by atoms with van der Waals surface area (Å²) in [6.45, 7) is 0.204. The summed E-state index contributed by atoms with van der Waals surface area (Å²) in [5.41, 5.74) is 1.92. The van der Waals surface area contributed by atoms with E-state index in [1.165, 1.54) is 0 Å². The molecule has 3 aromatic carbocycles.